The molecule has 1 N–H and O–H groups in total. The number of nitrogens with zero attached hydrogens (tertiary/aromatic N) is 1. The molecule has 27 heavy (non-hydrogen) atoms. The maximum Gasteiger partial charge on any atom is 0.305 e. The highest BCUT2D eigenvalue weighted by Crippen LogP contribution is 2.64. The topological polar surface area (TPSA) is 70.2 Å². The summed E-state index contributed by atoms with van der Waals surface area (Å²) in [6.07, 6.45) is 3.00. The number of hydrogen-bond acceptors (Lipinski definition) is 5. The number of nitrogens with one attached hydrogen (secondary N) is 1. The highest BCUT2D eigenvalue weighted by molar-refractivity contribution is 8.00. The van der Waals surface area contributed by atoms with Crippen molar-refractivity contribution >= 4 is 46.7 Å². The van der Waals surface area contributed by atoms with Gasteiger partial charge in [0, 0.05) is 5.25 Å². The lowest BCUT2D eigenvalue weighted by Crippen LogP contribution is -2.34. The SMILES string of the molecule is Cc1ccc(N2C(=O)C3C4CC(C5Sc6[nH]c(=O)sc6C=C45)C3C2=O)cc1. The minimum Gasteiger partial charge on any atom is -0.307 e. The molecule has 3 fully saturated rings. The lowest BCUT2D eigenvalue weighted by molar-refractivity contribution is -0.123. The van der Waals surface area contributed by atoms with Gasteiger partial charge in [-0.1, -0.05) is 46.4 Å². The van der Waals surface area contributed by atoms with Crippen molar-refractivity contribution in [1.29, 1.82) is 0 Å². The molecule has 2 aliphatic carbocycles. The van der Waals surface area contributed by atoms with Crippen molar-refractivity contribution in [3.05, 3.63) is 49.9 Å². The fraction of sp³-hybridized carbons (Fsp3) is 0.350. The molecular weight excluding hydrogens is 380 g/mol. The van der Waals surface area contributed by atoms with E-state index < -0.39 is 0 Å². The Morgan fingerprint density at radius 3 is 2.59 bits per heavy atom. The van der Waals surface area contributed by atoms with Gasteiger partial charge in [0.05, 0.1) is 27.4 Å². The van der Waals surface area contributed by atoms with Crippen LogP contribution in [0.25, 0.3) is 6.08 Å². The molecule has 5 nitrogen and oxygen atoms in total. The van der Waals surface area contributed by atoms with E-state index in [2.05, 4.69) is 11.1 Å². The number of carbonyl (C=O) groups is 2. The normalized spacial score (nSPS) is 33.1. The summed E-state index contributed by atoms with van der Waals surface area (Å²) in [6, 6.07) is 7.59. The number of aryl methyl sites for hydroxylation is 1. The Morgan fingerprint density at radius 1 is 1.07 bits per heavy atom. The predicted octanol–water partition coefficient (Wildman–Crippen LogP) is 3.06. The third-order valence-electron chi connectivity index (χ3n) is 6.44. The molecule has 1 aromatic heterocycles. The van der Waals surface area contributed by atoms with E-state index >= 15 is 0 Å². The molecule has 2 bridgehead atoms. The van der Waals surface area contributed by atoms with Crippen LogP contribution in [0.2, 0.25) is 0 Å². The molecule has 2 aliphatic heterocycles. The zero-order chi connectivity index (χ0) is 18.4. The van der Waals surface area contributed by atoms with Crippen LogP contribution in [0.1, 0.15) is 16.9 Å². The molecule has 1 saturated heterocycles. The number of benzene rings is 1. The Bertz CT molecular complexity index is 1100. The monoisotopic (exact) mass is 396 g/mol. The Balaban J connectivity index is 1.41. The number of aromatic amines is 1. The average Bonchev–Trinajstić information content (AvgIpc) is 3.35. The average molecular weight is 396 g/mol. The smallest absolute Gasteiger partial charge is 0.305 e. The first-order chi connectivity index (χ1) is 13.0. The summed E-state index contributed by atoms with van der Waals surface area (Å²) in [5.41, 5.74) is 3.03. The molecule has 5 atom stereocenters. The Hall–Kier alpha value is -2.12. The standard InChI is InChI=1S/C20H16N2O3S2/c1-8-2-4-9(5-3-8)22-18(23)14-10-6-12(15(14)19(22)24)16-11(10)7-13-17(27-16)21-20(25)26-13/h2-5,7,10,12,14-16H,6H2,1H3,(H,21,25). The van der Waals surface area contributed by atoms with E-state index in [1.165, 1.54) is 21.8 Å². The van der Waals surface area contributed by atoms with Crippen molar-refractivity contribution in [3.63, 3.8) is 0 Å². The van der Waals surface area contributed by atoms with Crippen molar-refractivity contribution in [2.24, 2.45) is 23.7 Å². The molecule has 4 aliphatic rings. The quantitative estimate of drug-likeness (QED) is 0.752. The van der Waals surface area contributed by atoms with Crippen molar-refractivity contribution in [3.8, 4) is 0 Å². The van der Waals surface area contributed by atoms with Gasteiger partial charge < -0.3 is 4.98 Å². The van der Waals surface area contributed by atoms with E-state index in [1.807, 2.05) is 31.2 Å². The summed E-state index contributed by atoms with van der Waals surface area (Å²) in [5, 5.41) is 1.11. The molecule has 136 valence electrons. The highest BCUT2D eigenvalue weighted by Gasteiger charge is 2.66. The maximum atomic E-state index is 13.2. The fourth-order valence-corrected chi connectivity index (χ4v) is 7.81. The largest absolute Gasteiger partial charge is 0.307 e. The first kappa shape index (κ1) is 15.9. The second-order valence-corrected chi connectivity index (χ2v) is 9.96. The van der Waals surface area contributed by atoms with Gasteiger partial charge in [-0.15, -0.1) is 0 Å². The zero-order valence-corrected chi connectivity index (χ0v) is 16.1. The van der Waals surface area contributed by atoms with E-state index in [1.54, 1.807) is 11.8 Å². The number of rotatable bonds is 1. The number of thioether (sulfide) groups is 1. The van der Waals surface area contributed by atoms with Gasteiger partial charge in [-0.05, 0) is 43.4 Å². The van der Waals surface area contributed by atoms with Crippen molar-refractivity contribution in [1.82, 2.24) is 4.98 Å². The summed E-state index contributed by atoms with van der Waals surface area (Å²) in [6.45, 7) is 1.99. The highest BCUT2D eigenvalue weighted by atomic mass is 32.2. The van der Waals surface area contributed by atoms with Gasteiger partial charge in [0.2, 0.25) is 11.8 Å². The van der Waals surface area contributed by atoms with Gasteiger partial charge in [0.15, 0.2) is 0 Å². The minimum absolute atomic E-state index is 0.0467. The zero-order valence-electron chi connectivity index (χ0n) is 14.5. The molecule has 5 unspecified atom stereocenters. The van der Waals surface area contributed by atoms with Crippen molar-refractivity contribution in [2.45, 2.75) is 23.6 Å². The number of anilines is 1. The summed E-state index contributed by atoms with van der Waals surface area (Å²) < 4.78 is 0. The van der Waals surface area contributed by atoms with Crippen LogP contribution in [0.4, 0.5) is 5.69 Å². The van der Waals surface area contributed by atoms with E-state index in [4.69, 9.17) is 0 Å². The first-order valence-corrected chi connectivity index (χ1v) is 10.8. The molecule has 1 aromatic carbocycles. The number of hydrogen-bond donors (Lipinski definition) is 1. The third kappa shape index (κ3) is 1.99. The van der Waals surface area contributed by atoms with Crippen LogP contribution >= 0.6 is 23.1 Å². The number of imide groups is 1. The number of thiazole rings is 1. The van der Waals surface area contributed by atoms with Gasteiger partial charge in [0.25, 0.3) is 0 Å². The van der Waals surface area contributed by atoms with E-state index in [0.29, 0.717) is 5.69 Å². The van der Waals surface area contributed by atoms with Crippen LogP contribution in [0, 0.1) is 30.6 Å². The van der Waals surface area contributed by atoms with E-state index in [0.717, 1.165) is 21.9 Å². The summed E-state index contributed by atoms with van der Waals surface area (Å²) >= 11 is 2.89. The van der Waals surface area contributed by atoms with Crippen LogP contribution in [0.3, 0.4) is 0 Å². The fourth-order valence-electron chi connectivity index (χ4n) is 5.37. The lowest BCUT2D eigenvalue weighted by Gasteiger charge is -2.32. The Kier molecular flexibility index (Phi) is 3.08. The summed E-state index contributed by atoms with van der Waals surface area (Å²) in [5.74, 6) is -0.298. The van der Waals surface area contributed by atoms with Gasteiger partial charge >= 0.3 is 4.87 Å². The molecule has 7 heteroatoms. The van der Waals surface area contributed by atoms with Crippen LogP contribution in [-0.4, -0.2) is 22.0 Å². The molecule has 3 heterocycles. The van der Waals surface area contributed by atoms with Crippen LogP contribution in [-0.2, 0) is 9.59 Å². The number of aromatic nitrogens is 1. The predicted molar refractivity (Wildman–Crippen MR) is 105 cm³/mol. The Morgan fingerprint density at radius 2 is 1.81 bits per heavy atom. The minimum atomic E-state index is -0.246. The lowest BCUT2D eigenvalue weighted by atomic mass is 9.77. The van der Waals surface area contributed by atoms with Crippen molar-refractivity contribution < 1.29 is 9.59 Å². The van der Waals surface area contributed by atoms with Gasteiger partial charge in [-0.25, -0.2) is 0 Å². The molecule has 6 rings (SSSR count). The van der Waals surface area contributed by atoms with Crippen LogP contribution < -0.4 is 9.77 Å². The molecule has 0 spiro atoms. The molecule has 2 saturated carbocycles. The summed E-state index contributed by atoms with van der Waals surface area (Å²) in [4.78, 5) is 43.4. The number of amides is 2. The number of fused-ring (bicyclic) bond motifs is 9. The van der Waals surface area contributed by atoms with E-state index in [9.17, 15) is 14.4 Å². The van der Waals surface area contributed by atoms with E-state index in [-0.39, 0.29) is 45.6 Å². The molecule has 2 aromatic rings. The van der Waals surface area contributed by atoms with Crippen molar-refractivity contribution in [2.75, 3.05) is 4.90 Å². The molecular formula is C20H16N2O3S2. The summed E-state index contributed by atoms with van der Waals surface area (Å²) in [7, 11) is 0. The molecule has 0 radical (unpaired) electrons. The van der Waals surface area contributed by atoms with Gasteiger partial charge in [-0.2, -0.15) is 0 Å². The van der Waals surface area contributed by atoms with Gasteiger partial charge in [-0.3, -0.25) is 19.3 Å². The van der Waals surface area contributed by atoms with Crippen LogP contribution in [0.5, 0.6) is 0 Å². The first-order valence-electron chi connectivity index (χ1n) is 9.08. The number of H-pyrrole nitrogens is 1. The van der Waals surface area contributed by atoms with Crippen LogP contribution in [0.15, 0.2) is 39.7 Å². The Labute approximate surface area is 163 Å². The number of carbonyl (C=O) groups excluding carboxylic acids is 2. The molecule has 2 amide bonds. The maximum absolute atomic E-state index is 13.2. The van der Waals surface area contributed by atoms with Gasteiger partial charge in [0.1, 0.15) is 0 Å². The third-order valence-corrected chi connectivity index (χ3v) is 8.83. The second-order valence-electron chi connectivity index (χ2n) is 7.80. The second kappa shape index (κ2) is 5.23.